The molecule has 5 aromatic rings. The molecule has 41 heavy (non-hydrogen) atoms. The molecular formula is C26H22F4N8O3. The van der Waals surface area contributed by atoms with Crippen LogP contribution in [0.5, 0.6) is 5.88 Å². The molecule has 0 saturated carbocycles. The third-order valence-electron chi connectivity index (χ3n) is 6.81. The van der Waals surface area contributed by atoms with Gasteiger partial charge in [0.1, 0.15) is 29.1 Å². The van der Waals surface area contributed by atoms with Crippen molar-refractivity contribution in [1.29, 1.82) is 0 Å². The van der Waals surface area contributed by atoms with E-state index in [1.165, 1.54) is 19.4 Å². The second kappa shape index (κ2) is 9.99. The van der Waals surface area contributed by atoms with Crippen molar-refractivity contribution in [3.63, 3.8) is 0 Å². The molecule has 0 radical (unpaired) electrons. The van der Waals surface area contributed by atoms with Crippen LogP contribution in [0.25, 0.3) is 27.9 Å². The molecular weight excluding hydrogens is 548 g/mol. The molecule has 1 fully saturated rings. The molecule has 6 rings (SSSR count). The number of carbonyl (C=O) groups excluding carboxylic acids is 1. The van der Waals surface area contributed by atoms with E-state index in [9.17, 15) is 22.4 Å². The van der Waals surface area contributed by atoms with Crippen molar-refractivity contribution in [1.82, 2.24) is 34.8 Å². The van der Waals surface area contributed by atoms with Gasteiger partial charge in [0.25, 0.3) is 5.91 Å². The number of likely N-dealkylation sites (tertiary alicyclic amines) is 1. The van der Waals surface area contributed by atoms with Gasteiger partial charge in [-0.05, 0) is 24.3 Å². The summed E-state index contributed by atoms with van der Waals surface area (Å²) in [5.41, 5.74) is 5.57. The largest absolute Gasteiger partial charge is 0.480 e. The summed E-state index contributed by atoms with van der Waals surface area (Å²) >= 11 is 0. The van der Waals surface area contributed by atoms with E-state index in [1.54, 1.807) is 11.0 Å². The molecule has 1 aromatic carbocycles. The second-order valence-electron chi connectivity index (χ2n) is 9.49. The summed E-state index contributed by atoms with van der Waals surface area (Å²) in [6.07, 6.45) is -3.88. The molecule has 5 heterocycles. The fourth-order valence-corrected chi connectivity index (χ4v) is 4.94. The molecule has 1 aliphatic heterocycles. The Morgan fingerprint density at radius 2 is 2.02 bits per heavy atom. The SMILES string of the molecule is COc1ncc(-c2cc(C(F)(F)F)c3c(N)ncnn23)cc1C(=O)NC1CN(Cc2nc3ccccc3o2)CC1F. The smallest absolute Gasteiger partial charge is 0.418 e. The Bertz CT molecular complexity index is 1740. The zero-order chi connectivity index (χ0) is 28.9. The molecule has 0 aliphatic carbocycles. The zero-order valence-corrected chi connectivity index (χ0v) is 21.4. The number of methoxy groups -OCH3 is 1. The Labute approximate surface area is 228 Å². The molecule has 1 amide bonds. The maximum Gasteiger partial charge on any atom is 0.418 e. The molecule has 4 aromatic heterocycles. The molecule has 0 spiro atoms. The van der Waals surface area contributed by atoms with E-state index in [-0.39, 0.29) is 48.2 Å². The number of hydrogen-bond acceptors (Lipinski definition) is 9. The molecule has 2 atom stereocenters. The lowest BCUT2D eigenvalue weighted by atomic mass is 10.1. The lowest BCUT2D eigenvalue weighted by Crippen LogP contribution is -2.41. The van der Waals surface area contributed by atoms with Gasteiger partial charge in [-0.1, -0.05) is 12.1 Å². The number of pyridine rings is 1. The van der Waals surface area contributed by atoms with Crippen LogP contribution in [0.1, 0.15) is 21.8 Å². The Morgan fingerprint density at radius 1 is 1.22 bits per heavy atom. The number of fused-ring (bicyclic) bond motifs is 2. The Kier molecular flexibility index (Phi) is 6.44. The van der Waals surface area contributed by atoms with E-state index >= 15 is 0 Å². The number of halogens is 4. The van der Waals surface area contributed by atoms with Crippen LogP contribution in [-0.4, -0.2) is 67.8 Å². The Balaban J connectivity index is 1.25. The number of anilines is 1. The van der Waals surface area contributed by atoms with Gasteiger partial charge in [-0.15, -0.1) is 0 Å². The van der Waals surface area contributed by atoms with Gasteiger partial charge < -0.3 is 20.2 Å². The number of oxazole rings is 1. The number of benzene rings is 1. The maximum atomic E-state index is 15.0. The van der Waals surface area contributed by atoms with Gasteiger partial charge in [0.15, 0.2) is 11.4 Å². The number of para-hydroxylation sites is 2. The summed E-state index contributed by atoms with van der Waals surface area (Å²) in [4.78, 5) is 27.2. The molecule has 2 unspecified atom stereocenters. The van der Waals surface area contributed by atoms with E-state index < -0.39 is 35.4 Å². The first-order valence-corrected chi connectivity index (χ1v) is 12.4. The number of nitrogens with zero attached hydrogens (tertiary/aromatic N) is 6. The molecule has 1 saturated heterocycles. The molecule has 1 aliphatic rings. The average Bonchev–Trinajstić information content (AvgIpc) is 3.63. The van der Waals surface area contributed by atoms with Crippen molar-refractivity contribution in [3.05, 3.63) is 65.9 Å². The van der Waals surface area contributed by atoms with E-state index in [2.05, 4.69) is 25.4 Å². The van der Waals surface area contributed by atoms with E-state index in [0.717, 1.165) is 16.9 Å². The summed E-state index contributed by atoms with van der Waals surface area (Å²) in [6, 6.07) is 8.54. The average molecular weight is 571 g/mol. The highest BCUT2D eigenvalue weighted by Crippen LogP contribution is 2.39. The molecule has 11 nitrogen and oxygen atoms in total. The fraction of sp³-hybridized carbons (Fsp3) is 0.269. The first-order chi connectivity index (χ1) is 19.6. The third-order valence-corrected chi connectivity index (χ3v) is 6.81. The number of nitrogens with two attached hydrogens (primary N) is 1. The minimum atomic E-state index is -4.75. The number of alkyl halides is 4. The topological polar surface area (TPSA) is 137 Å². The number of aromatic nitrogens is 5. The van der Waals surface area contributed by atoms with E-state index in [4.69, 9.17) is 14.9 Å². The molecule has 0 bridgehead atoms. The van der Waals surface area contributed by atoms with Crippen molar-refractivity contribution in [2.24, 2.45) is 0 Å². The first-order valence-electron chi connectivity index (χ1n) is 12.4. The Hall–Kier alpha value is -4.79. The first kappa shape index (κ1) is 26.4. The Morgan fingerprint density at radius 3 is 2.78 bits per heavy atom. The minimum Gasteiger partial charge on any atom is -0.480 e. The summed E-state index contributed by atoms with van der Waals surface area (Å²) in [5, 5.41) is 6.57. The highest BCUT2D eigenvalue weighted by molar-refractivity contribution is 5.98. The summed E-state index contributed by atoms with van der Waals surface area (Å²) < 4.78 is 68.2. The highest BCUT2D eigenvalue weighted by atomic mass is 19.4. The third kappa shape index (κ3) is 4.88. The number of nitrogens with one attached hydrogen (secondary N) is 1. The van der Waals surface area contributed by atoms with Crippen molar-refractivity contribution in [2.75, 3.05) is 25.9 Å². The van der Waals surface area contributed by atoms with Crippen molar-refractivity contribution in [3.8, 4) is 17.1 Å². The predicted octanol–water partition coefficient (Wildman–Crippen LogP) is 3.49. The van der Waals surface area contributed by atoms with Crippen molar-refractivity contribution in [2.45, 2.75) is 24.9 Å². The molecule has 3 N–H and O–H groups in total. The fourth-order valence-electron chi connectivity index (χ4n) is 4.94. The van der Waals surface area contributed by atoms with Gasteiger partial charge in [0.2, 0.25) is 11.8 Å². The number of amides is 1. The van der Waals surface area contributed by atoms with E-state index in [1.807, 2.05) is 18.2 Å². The van der Waals surface area contributed by atoms with Crippen LogP contribution in [-0.2, 0) is 12.7 Å². The minimum absolute atomic E-state index is 0.0284. The van der Waals surface area contributed by atoms with Gasteiger partial charge in [-0.3, -0.25) is 9.69 Å². The lowest BCUT2D eigenvalue weighted by molar-refractivity contribution is -0.136. The number of nitrogen functional groups attached to an aromatic ring is 1. The summed E-state index contributed by atoms with van der Waals surface area (Å²) in [7, 11) is 1.29. The quantitative estimate of drug-likeness (QED) is 0.294. The monoisotopic (exact) mass is 570 g/mol. The van der Waals surface area contributed by atoms with Gasteiger partial charge in [-0.25, -0.2) is 23.9 Å². The van der Waals surface area contributed by atoms with Crippen LogP contribution in [0, 0.1) is 0 Å². The molecule has 212 valence electrons. The molecule has 15 heteroatoms. The van der Waals surface area contributed by atoms with Crippen LogP contribution in [0.15, 0.2) is 53.3 Å². The van der Waals surface area contributed by atoms with E-state index in [0.29, 0.717) is 17.0 Å². The predicted molar refractivity (Wildman–Crippen MR) is 138 cm³/mol. The number of rotatable bonds is 6. The van der Waals surface area contributed by atoms with Gasteiger partial charge in [-0.2, -0.15) is 18.3 Å². The van der Waals surface area contributed by atoms with Crippen molar-refractivity contribution < 1.29 is 31.5 Å². The van der Waals surface area contributed by atoms with Crippen LogP contribution < -0.4 is 15.8 Å². The normalized spacial score (nSPS) is 17.9. The maximum absolute atomic E-state index is 15.0. The van der Waals surface area contributed by atoms with Crippen LogP contribution in [0.4, 0.5) is 23.4 Å². The van der Waals surface area contributed by atoms with Crippen molar-refractivity contribution >= 4 is 28.3 Å². The number of carbonyl (C=O) groups is 1. The number of hydrogen-bond donors (Lipinski definition) is 2. The van der Waals surface area contributed by atoms with Crippen LogP contribution >= 0.6 is 0 Å². The second-order valence-corrected chi connectivity index (χ2v) is 9.49. The number of ether oxygens (including phenoxy) is 1. The van der Waals surface area contributed by atoms with Gasteiger partial charge in [0, 0.05) is 24.8 Å². The summed E-state index contributed by atoms with van der Waals surface area (Å²) in [5.74, 6) is -0.741. The van der Waals surface area contributed by atoms with Crippen LogP contribution in [0.3, 0.4) is 0 Å². The van der Waals surface area contributed by atoms with Gasteiger partial charge >= 0.3 is 6.18 Å². The van der Waals surface area contributed by atoms with Gasteiger partial charge in [0.05, 0.1) is 31.0 Å². The lowest BCUT2D eigenvalue weighted by Gasteiger charge is -2.16. The highest BCUT2D eigenvalue weighted by Gasteiger charge is 2.37. The standard InChI is InChI=1S/C26H22F4N8O3/c1-40-25-14(6-13(8-32-25)19-7-15(26(28,29)30)22-23(31)33-12-34-38(19)22)24(39)36-18-10-37(9-16(18)27)11-21-35-17-4-2-3-5-20(17)41-21/h2-8,12,16,18H,9-11H2,1H3,(H,36,39)(H2,31,33,34). The summed E-state index contributed by atoms with van der Waals surface area (Å²) in [6.45, 7) is 0.460. The zero-order valence-electron chi connectivity index (χ0n) is 21.4. The van der Waals surface area contributed by atoms with Crippen LogP contribution in [0.2, 0.25) is 0 Å².